The van der Waals surface area contributed by atoms with Gasteiger partial charge in [0.2, 0.25) is 3.79 Å². The second-order valence-corrected chi connectivity index (χ2v) is 7.94. The van der Waals surface area contributed by atoms with Crippen LogP contribution in [0.4, 0.5) is 4.39 Å². The zero-order chi connectivity index (χ0) is 16.3. The first-order valence-corrected chi connectivity index (χ1v) is 8.07. The summed E-state index contributed by atoms with van der Waals surface area (Å²) in [5, 5.41) is 0. The Balaban J connectivity index is 2.69. The number of halogens is 4. The van der Waals surface area contributed by atoms with Crippen LogP contribution in [0.3, 0.4) is 0 Å². The van der Waals surface area contributed by atoms with Crippen LogP contribution in [0.25, 0.3) is 0 Å². The van der Waals surface area contributed by atoms with Crippen LogP contribution in [0.1, 0.15) is 17.3 Å². The molecule has 1 N–H and O–H groups in total. The first-order valence-electron chi connectivity index (χ1n) is 5.53. The maximum absolute atomic E-state index is 12.8. The van der Waals surface area contributed by atoms with Crippen molar-refractivity contribution < 1.29 is 21.8 Å². The quantitative estimate of drug-likeness (QED) is 0.610. The lowest BCUT2D eigenvalue weighted by molar-refractivity contribution is 0.0958. The number of carbonyl (C=O) groups is 1. The van der Waals surface area contributed by atoms with Crippen molar-refractivity contribution in [3.63, 3.8) is 0 Å². The molecule has 0 amide bonds. The Morgan fingerprint density at radius 1 is 1.33 bits per heavy atom. The number of alkyl halides is 3. The molecule has 0 aliphatic carbocycles. The number of nitrogens with one attached hydrogen (secondary N) is 1. The van der Waals surface area contributed by atoms with Gasteiger partial charge in [0.25, 0.3) is 0 Å². The molecule has 0 spiro atoms. The van der Waals surface area contributed by atoms with Gasteiger partial charge in [0.1, 0.15) is 12.4 Å². The first-order chi connectivity index (χ1) is 9.50. The molecule has 21 heavy (non-hydrogen) atoms. The molecule has 0 aliphatic heterocycles. The highest BCUT2D eigenvalue weighted by molar-refractivity contribution is 7.84. The second-order valence-electron chi connectivity index (χ2n) is 4.04. The van der Waals surface area contributed by atoms with Crippen LogP contribution in [0.15, 0.2) is 24.3 Å². The highest BCUT2D eigenvalue weighted by Crippen LogP contribution is 2.26. The monoisotopic (exact) mass is 377 g/mol. The average molecular weight is 379 g/mol. The van der Waals surface area contributed by atoms with E-state index in [9.17, 15) is 17.6 Å². The predicted octanol–water partition coefficient (Wildman–Crippen LogP) is 2.62. The molecule has 0 radical (unpaired) electrons. The molecule has 118 valence electrons. The van der Waals surface area contributed by atoms with Crippen LogP contribution in [0.2, 0.25) is 0 Å². The third-order valence-corrected chi connectivity index (χ3v) is 3.62. The summed E-state index contributed by atoms with van der Waals surface area (Å²) in [6.45, 7) is 0.604. The van der Waals surface area contributed by atoms with Crippen molar-refractivity contribution in [3.8, 4) is 0 Å². The summed E-state index contributed by atoms with van der Waals surface area (Å²) in [6, 6.07) is 3.53. The Kier molecular flexibility index (Phi) is 6.39. The van der Waals surface area contributed by atoms with Gasteiger partial charge in [-0.1, -0.05) is 34.8 Å². The Labute approximate surface area is 136 Å². The fraction of sp³-hybridized carbons (Fsp3) is 0.364. The molecule has 0 aliphatic rings. The van der Waals surface area contributed by atoms with E-state index in [1.54, 1.807) is 0 Å². The molecule has 1 unspecified atom stereocenters. The Morgan fingerprint density at radius 3 is 2.33 bits per heavy atom. The molecule has 1 rings (SSSR count). The second kappa shape index (κ2) is 7.21. The third kappa shape index (κ3) is 6.90. The summed E-state index contributed by atoms with van der Waals surface area (Å²) in [5.74, 6) is -1.07. The van der Waals surface area contributed by atoms with Gasteiger partial charge in [0.15, 0.2) is 5.78 Å². The van der Waals surface area contributed by atoms with Crippen LogP contribution < -0.4 is 4.72 Å². The molecule has 0 bridgehead atoms. The van der Waals surface area contributed by atoms with Gasteiger partial charge >= 0.3 is 10.3 Å². The zero-order valence-corrected chi connectivity index (χ0v) is 13.7. The maximum Gasteiger partial charge on any atom is 0.336 e. The number of Topliss-reactive ketones (excluding diaryl/α,β-unsaturated/α-hetero) is 1. The van der Waals surface area contributed by atoms with Crippen molar-refractivity contribution in [3.05, 3.63) is 35.6 Å². The van der Waals surface area contributed by atoms with E-state index in [0.29, 0.717) is 0 Å². The van der Waals surface area contributed by atoms with Crippen LogP contribution >= 0.6 is 34.8 Å². The van der Waals surface area contributed by atoms with Crippen molar-refractivity contribution in [2.45, 2.75) is 16.8 Å². The van der Waals surface area contributed by atoms with E-state index in [1.165, 1.54) is 19.1 Å². The Hall–Kier alpha value is -0.440. The maximum atomic E-state index is 12.8. The Bertz CT molecular complexity index is 601. The van der Waals surface area contributed by atoms with Gasteiger partial charge in [0.05, 0.1) is 6.04 Å². The minimum Gasteiger partial charge on any atom is -0.292 e. The molecular formula is C11H11Cl3FNO4S. The van der Waals surface area contributed by atoms with Gasteiger partial charge in [-0.05, 0) is 31.2 Å². The summed E-state index contributed by atoms with van der Waals surface area (Å²) in [6.07, 6.45) is 0. The number of benzene rings is 1. The van der Waals surface area contributed by atoms with Crippen molar-refractivity contribution in [1.82, 2.24) is 4.72 Å². The molecule has 0 aromatic heterocycles. The SMILES string of the molecule is CC(NS(=O)(=O)OCC(Cl)(Cl)Cl)C(=O)c1ccc(F)cc1. The van der Waals surface area contributed by atoms with Crippen LogP contribution in [-0.4, -0.2) is 30.6 Å². The van der Waals surface area contributed by atoms with Crippen LogP contribution in [0.5, 0.6) is 0 Å². The lowest BCUT2D eigenvalue weighted by atomic mass is 10.1. The number of hydrogen-bond donors (Lipinski definition) is 1. The van der Waals surface area contributed by atoms with E-state index in [0.717, 1.165) is 12.1 Å². The van der Waals surface area contributed by atoms with Gasteiger partial charge in [0, 0.05) is 5.56 Å². The number of rotatable bonds is 6. The standard InChI is InChI=1S/C11H11Cl3FNO4S/c1-7(10(17)8-2-4-9(15)5-3-8)16-21(18,19)20-6-11(12,13)14/h2-5,7,16H,6H2,1H3. The van der Waals surface area contributed by atoms with E-state index >= 15 is 0 Å². The molecule has 0 heterocycles. The minimum atomic E-state index is -4.27. The first kappa shape index (κ1) is 18.6. The summed E-state index contributed by atoms with van der Waals surface area (Å²) >= 11 is 16.1. The van der Waals surface area contributed by atoms with E-state index in [-0.39, 0.29) is 5.56 Å². The summed E-state index contributed by atoms with van der Waals surface area (Å²) in [7, 11) is -4.27. The summed E-state index contributed by atoms with van der Waals surface area (Å²) < 4.78 is 40.4. The lowest BCUT2D eigenvalue weighted by Crippen LogP contribution is -2.40. The molecule has 5 nitrogen and oxygen atoms in total. The lowest BCUT2D eigenvalue weighted by Gasteiger charge is -2.15. The van der Waals surface area contributed by atoms with Gasteiger partial charge < -0.3 is 0 Å². The molecular weight excluding hydrogens is 368 g/mol. The molecule has 1 aromatic rings. The fourth-order valence-electron chi connectivity index (χ4n) is 1.31. The number of hydrogen-bond acceptors (Lipinski definition) is 4. The van der Waals surface area contributed by atoms with Gasteiger partial charge in [-0.15, -0.1) is 0 Å². The van der Waals surface area contributed by atoms with Gasteiger partial charge in [-0.25, -0.2) is 4.39 Å². The molecule has 10 heteroatoms. The van der Waals surface area contributed by atoms with E-state index < -0.39 is 38.3 Å². The smallest absolute Gasteiger partial charge is 0.292 e. The molecule has 1 aromatic carbocycles. The molecule has 1 atom stereocenters. The third-order valence-electron chi connectivity index (χ3n) is 2.22. The normalized spacial score (nSPS) is 14.0. The number of carbonyl (C=O) groups excluding carboxylic acids is 1. The van der Waals surface area contributed by atoms with Gasteiger partial charge in [-0.3, -0.25) is 8.98 Å². The summed E-state index contributed by atoms with van der Waals surface area (Å²) in [4.78, 5) is 12.0. The predicted molar refractivity (Wildman–Crippen MR) is 78.5 cm³/mol. The molecule has 0 fully saturated rings. The van der Waals surface area contributed by atoms with E-state index in [1.807, 2.05) is 4.72 Å². The van der Waals surface area contributed by atoms with Crippen molar-refractivity contribution in [1.29, 1.82) is 0 Å². The minimum absolute atomic E-state index is 0.146. The van der Waals surface area contributed by atoms with Crippen molar-refractivity contribution in [2.75, 3.05) is 6.61 Å². The van der Waals surface area contributed by atoms with Crippen LogP contribution in [0, 0.1) is 5.82 Å². The van der Waals surface area contributed by atoms with E-state index in [2.05, 4.69) is 4.18 Å². The van der Waals surface area contributed by atoms with Crippen molar-refractivity contribution in [2.24, 2.45) is 0 Å². The van der Waals surface area contributed by atoms with E-state index in [4.69, 9.17) is 34.8 Å². The zero-order valence-electron chi connectivity index (χ0n) is 10.6. The Morgan fingerprint density at radius 2 is 1.86 bits per heavy atom. The highest BCUT2D eigenvalue weighted by atomic mass is 35.6. The molecule has 0 saturated heterocycles. The average Bonchev–Trinajstić information content (AvgIpc) is 2.35. The highest BCUT2D eigenvalue weighted by Gasteiger charge is 2.27. The molecule has 0 saturated carbocycles. The van der Waals surface area contributed by atoms with Crippen molar-refractivity contribution >= 4 is 50.9 Å². The van der Waals surface area contributed by atoms with Gasteiger partial charge in [-0.2, -0.15) is 13.1 Å². The fourth-order valence-corrected chi connectivity index (χ4v) is 2.61. The van der Waals surface area contributed by atoms with Crippen LogP contribution in [-0.2, 0) is 14.5 Å². The topological polar surface area (TPSA) is 72.5 Å². The largest absolute Gasteiger partial charge is 0.336 e. The number of ketones is 1. The summed E-state index contributed by atoms with van der Waals surface area (Å²) in [5.41, 5.74) is 0.146.